The van der Waals surface area contributed by atoms with Crippen LogP contribution in [0.3, 0.4) is 0 Å². The topological polar surface area (TPSA) is 713 Å². The minimum atomic E-state index is -1.81. The lowest BCUT2D eigenvalue weighted by Crippen LogP contribution is -2.62. The molecule has 125 heavy (non-hydrogen) atoms. The third-order valence-corrected chi connectivity index (χ3v) is 19.4. The third kappa shape index (κ3) is 39.1. The van der Waals surface area contributed by atoms with E-state index in [1.807, 2.05) is 0 Å². The quantitative estimate of drug-likeness (QED) is 0.0250. The number of aromatic nitrogens is 4. The van der Waals surface area contributed by atoms with Crippen molar-refractivity contribution in [2.45, 2.75) is 271 Å². The Morgan fingerprint density at radius 3 is 1.18 bits per heavy atom. The summed E-state index contributed by atoms with van der Waals surface area (Å²) in [6.07, 6.45) is 1.83. The number of carboxylic acids is 1. The molecule has 1 aromatic carbocycles. The SMILES string of the molecule is CC[C@H](C)[C@H](NC(=O)[C@H](C)NC(=O)[C@H](C)NC(=O)[C@H](C)NC(=O)[C@H](Cc1cnc[nH]1)NC(=O)[C@H](CC(N)=O)NC(=O)CNC(=O)[C@H](C)NC(=O)CNC(=O)[C@H](Cc1cnc[nH]1)NC(=O)[C@H](CC(C)C)NC(=O)[C@H](CC(C)C)NC(=O)[C@H](CCC(=O)O)NC(=O)[C@@H](N)Cc1ccc(O)cc1)C(=O)N[C@@H](CC(C)C)C(=O)N[C@H](C(=O)N[C@@H](CC(C)C)C(N)=O)[C@@H](C)O. The maximum atomic E-state index is 14.3. The van der Waals surface area contributed by atoms with E-state index < -0.39 is 247 Å². The number of carbonyl (C=O) groups is 19. The van der Waals surface area contributed by atoms with E-state index in [1.165, 1.54) is 83.9 Å². The number of aliphatic hydroxyl groups excluding tert-OH is 1. The van der Waals surface area contributed by atoms with Crippen molar-refractivity contribution in [3.63, 3.8) is 0 Å². The molecule has 3 aromatic rings. The first-order valence-electron chi connectivity index (χ1n) is 41.2. The Bertz CT molecular complexity index is 4160. The van der Waals surface area contributed by atoms with Crippen LogP contribution in [0.5, 0.6) is 5.75 Å². The van der Waals surface area contributed by atoms with Crippen molar-refractivity contribution in [2.24, 2.45) is 46.8 Å². The number of nitrogens with zero attached hydrogens (tertiary/aromatic N) is 2. The number of H-pyrrole nitrogens is 2. The highest BCUT2D eigenvalue weighted by atomic mass is 16.4. The number of carboxylic acid groups (broad SMARTS) is 1. The number of aromatic hydroxyl groups is 1. The maximum absolute atomic E-state index is 14.3. The second kappa shape index (κ2) is 52.7. The van der Waals surface area contributed by atoms with Crippen LogP contribution >= 0.6 is 0 Å². The molecule has 0 fully saturated rings. The van der Waals surface area contributed by atoms with Crippen molar-refractivity contribution in [1.82, 2.24) is 105 Å². The first kappa shape index (κ1) is 106. The van der Waals surface area contributed by atoms with Crippen LogP contribution in [0.2, 0.25) is 0 Å². The molecule has 27 N–H and O–H groups in total. The zero-order chi connectivity index (χ0) is 94.4. The summed E-state index contributed by atoms with van der Waals surface area (Å²) in [5.41, 5.74) is 18.3. The standard InChI is InChI=1S/C80H127N23O22/c1-16-41(10)64(79(124)101-56(26-40(8)9)78(123)103-65(46(15)104)80(125)96-53(66(83)111)23-37(2)3)102-70(115)45(14)92-68(113)43(12)91-69(114)44(13)93-74(119)58(29-49-32-85-36-89-49)100-77(122)59(30-60(82)106)94-62(108)34-86-67(112)42(11)90-61(107)33-87-72(117)57(28-48-31-84-35-88-48)99-76(121)55(25-39(6)7)98-75(120)54(24-38(4)5)97-73(118)52(21-22-63(109)110)95-71(116)51(81)27-47-17-19-50(105)20-18-47/h17-20,31-32,35-46,51-59,64-65,104-105H,16,21-30,33-34,81H2,1-15H3,(H2,82,106)(H2,83,111)(H,84,88)(H,85,89)(H,86,112)(H,87,117)(H,90,107)(H,91,114)(H,92,113)(H,93,119)(H,94,108)(H,95,116)(H,96,125)(H,97,118)(H,98,120)(H,99,121)(H,100,122)(H,101,124)(H,102,115)(H,103,123)(H,109,110)/t41-,42-,43-,44-,45-,46+,51-,52-,53-,54-,55-,56-,57-,58-,59-,64-,65-/m0/s1. The molecule has 694 valence electrons. The number of nitrogens with one attached hydrogen (secondary N) is 18. The van der Waals surface area contributed by atoms with Crippen LogP contribution in [-0.4, -0.2) is 257 Å². The molecule has 0 bridgehead atoms. The zero-order valence-electron chi connectivity index (χ0n) is 73.2. The van der Waals surface area contributed by atoms with Gasteiger partial charge in [-0.2, -0.15) is 0 Å². The summed E-state index contributed by atoms with van der Waals surface area (Å²) in [6, 6.07) is -15.4. The van der Waals surface area contributed by atoms with Gasteiger partial charge in [0.1, 0.15) is 90.3 Å². The number of phenolic OH excluding ortho intramolecular Hbond substituents is 1. The number of nitrogens with two attached hydrogens (primary N) is 3. The summed E-state index contributed by atoms with van der Waals surface area (Å²) >= 11 is 0. The highest BCUT2D eigenvalue weighted by Gasteiger charge is 2.39. The predicted molar refractivity (Wildman–Crippen MR) is 449 cm³/mol. The lowest BCUT2D eigenvalue weighted by Gasteiger charge is -2.30. The molecule has 2 aromatic heterocycles. The van der Waals surface area contributed by atoms with E-state index in [0.29, 0.717) is 17.7 Å². The number of hydrogen-bond donors (Lipinski definition) is 24. The molecular weight excluding hydrogens is 1640 g/mol. The summed E-state index contributed by atoms with van der Waals surface area (Å²) in [6.45, 7) is 22.0. The molecule has 0 aliphatic carbocycles. The van der Waals surface area contributed by atoms with Gasteiger partial charge in [0.15, 0.2) is 0 Å². The van der Waals surface area contributed by atoms with Crippen molar-refractivity contribution >= 4 is 112 Å². The van der Waals surface area contributed by atoms with Gasteiger partial charge in [-0.3, -0.25) is 91.1 Å². The molecule has 0 radical (unpaired) electrons. The number of benzene rings is 1. The summed E-state index contributed by atoms with van der Waals surface area (Å²) in [5, 5.41) is 69.2. The fraction of sp³-hybridized carbons (Fsp3) is 0.613. The lowest BCUT2D eigenvalue weighted by atomic mass is 9.96. The molecule has 18 amide bonds. The lowest BCUT2D eigenvalue weighted by molar-refractivity contribution is -0.138. The molecule has 0 saturated carbocycles. The fourth-order valence-corrected chi connectivity index (χ4v) is 12.3. The maximum Gasteiger partial charge on any atom is 0.303 e. The van der Waals surface area contributed by atoms with Crippen LogP contribution in [0.1, 0.15) is 172 Å². The Hall–Kier alpha value is -12.7. The fourth-order valence-electron chi connectivity index (χ4n) is 12.3. The molecule has 0 spiro atoms. The Morgan fingerprint density at radius 1 is 0.392 bits per heavy atom. The van der Waals surface area contributed by atoms with Gasteiger partial charge in [0.2, 0.25) is 106 Å². The number of carbonyl (C=O) groups excluding carboxylic acids is 18. The van der Waals surface area contributed by atoms with Crippen LogP contribution in [0, 0.1) is 29.6 Å². The van der Waals surface area contributed by atoms with Crippen LogP contribution < -0.4 is 102 Å². The monoisotopic (exact) mass is 1760 g/mol. The van der Waals surface area contributed by atoms with Gasteiger partial charge in [0.05, 0.1) is 44.3 Å². The van der Waals surface area contributed by atoms with Gasteiger partial charge in [-0.1, -0.05) is 87.8 Å². The Kier molecular flexibility index (Phi) is 44.9. The van der Waals surface area contributed by atoms with E-state index >= 15 is 0 Å². The summed E-state index contributed by atoms with van der Waals surface area (Å²) in [5.74, 6) is -19.5. The van der Waals surface area contributed by atoms with Gasteiger partial charge in [-0.05, 0) is 120 Å². The van der Waals surface area contributed by atoms with E-state index in [2.05, 4.69) is 105 Å². The van der Waals surface area contributed by atoms with Crippen LogP contribution in [-0.2, 0) is 110 Å². The number of primary amides is 2. The van der Waals surface area contributed by atoms with Gasteiger partial charge in [-0.25, -0.2) is 9.97 Å². The first-order valence-corrected chi connectivity index (χ1v) is 41.2. The summed E-state index contributed by atoms with van der Waals surface area (Å²) < 4.78 is 0. The molecule has 0 unspecified atom stereocenters. The molecule has 0 aliphatic heterocycles. The summed E-state index contributed by atoms with van der Waals surface area (Å²) in [7, 11) is 0. The van der Waals surface area contributed by atoms with E-state index in [1.54, 1.807) is 69.2 Å². The van der Waals surface area contributed by atoms with Crippen molar-refractivity contribution in [2.75, 3.05) is 13.1 Å². The first-order chi connectivity index (χ1) is 58.5. The Labute approximate surface area is 723 Å². The molecule has 0 aliphatic rings. The minimum Gasteiger partial charge on any atom is -0.508 e. The van der Waals surface area contributed by atoms with Gasteiger partial charge >= 0.3 is 5.97 Å². The van der Waals surface area contributed by atoms with Gasteiger partial charge in [-0.15, -0.1) is 0 Å². The van der Waals surface area contributed by atoms with Crippen molar-refractivity contribution in [1.29, 1.82) is 0 Å². The van der Waals surface area contributed by atoms with E-state index in [0.717, 1.165) is 0 Å². The number of aliphatic carboxylic acids is 1. The largest absolute Gasteiger partial charge is 0.508 e. The van der Waals surface area contributed by atoms with Crippen LogP contribution in [0.15, 0.2) is 49.3 Å². The van der Waals surface area contributed by atoms with Gasteiger partial charge in [0.25, 0.3) is 0 Å². The number of aliphatic hydroxyl groups is 1. The number of hydrogen-bond acceptors (Lipinski definition) is 24. The van der Waals surface area contributed by atoms with Crippen molar-refractivity contribution in [3.8, 4) is 5.75 Å². The minimum absolute atomic E-state index is 0.00749. The van der Waals surface area contributed by atoms with Gasteiger partial charge in [0, 0.05) is 43.0 Å². The molecule has 0 saturated heterocycles. The van der Waals surface area contributed by atoms with Crippen LogP contribution in [0.25, 0.3) is 0 Å². The average molecular weight is 1760 g/mol. The van der Waals surface area contributed by atoms with Crippen molar-refractivity contribution in [3.05, 3.63) is 66.3 Å². The van der Waals surface area contributed by atoms with E-state index in [-0.39, 0.29) is 80.1 Å². The van der Waals surface area contributed by atoms with E-state index in [4.69, 9.17) is 17.2 Å². The number of aromatic amines is 2. The van der Waals surface area contributed by atoms with Gasteiger partial charge < -0.3 is 128 Å². The number of phenols is 1. The third-order valence-electron chi connectivity index (χ3n) is 19.4. The number of imidazole rings is 2. The van der Waals surface area contributed by atoms with E-state index in [9.17, 15) is 106 Å². The molecule has 45 nitrogen and oxygen atoms in total. The molecule has 2 heterocycles. The molecular formula is C80H127N23O22. The number of rotatable bonds is 55. The van der Waals surface area contributed by atoms with Crippen molar-refractivity contribution < 1.29 is 106 Å². The second-order valence-electron chi connectivity index (χ2n) is 32.6. The average Bonchev–Trinajstić information content (AvgIpc) is 1.84. The number of amides is 18. The predicted octanol–water partition coefficient (Wildman–Crippen LogP) is -5.87. The highest BCUT2D eigenvalue weighted by molar-refractivity contribution is 6.01. The Morgan fingerprint density at radius 2 is 0.752 bits per heavy atom. The summed E-state index contributed by atoms with van der Waals surface area (Å²) in [4.78, 5) is 269. The molecule has 3 rings (SSSR count). The Balaban J connectivity index is 1.66. The second-order valence-corrected chi connectivity index (χ2v) is 32.6. The van der Waals surface area contributed by atoms with Crippen LogP contribution in [0.4, 0.5) is 0 Å². The smallest absolute Gasteiger partial charge is 0.303 e. The zero-order valence-corrected chi connectivity index (χ0v) is 73.2. The molecule has 45 heteroatoms. The molecule has 17 atom stereocenters. The normalized spacial score (nSPS) is 15.3. The highest BCUT2D eigenvalue weighted by Crippen LogP contribution is 2.17.